The molecule has 86 valence electrons. The molecule has 1 heterocycles. The molecule has 1 aliphatic carbocycles. The van der Waals surface area contributed by atoms with Crippen LogP contribution < -0.4 is 5.32 Å². The Hall–Kier alpha value is -0.610. The van der Waals surface area contributed by atoms with Gasteiger partial charge in [-0.3, -0.25) is 4.79 Å². The highest BCUT2D eigenvalue weighted by molar-refractivity contribution is 5.72. The molecule has 1 saturated heterocycles. The van der Waals surface area contributed by atoms with E-state index in [1.54, 1.807) is 0 Å². The quantitative estimate of drug-likeness (QED) is 0.628. The summed E-state index contributed by atoms with van der Waals surface area (Å²) in [6.07, 6.45) is 4.49. The summed E-state index contributed by atoms with van der Waals surface area (Å²) >= 11 is 0. The van der Waals surface area contributed by atoms with Crippen molar-refractivity contribution < 1.29 is 15.0 Å². The van der Waals surface area contributed by atoms with Crippen LogP contribution in [0.3, 0.4) is 0 Å². The zero-order chi connectivity index (χ0) is 10.8. The van der Waals surface area contributed by atoms with Crippen molar-refractivity contribution in [2.75, 3.05) is 6.54 Å². The van der Waals surface area contributed by atoms with E-state index in [-0.39, 0.29) is 6.04 Å². The molecule has 3 atom stereocenters. The largest absolute Gasteiger partial charge is 0.481 e. The predicted molar refractivity (Wildman–Crippen MR) is 55.5 cm³/mol. The number of rotatable bonds is 2. The minimum absolute atomic E-state index is 0.0197. The smallest absolute Gasteiger partial charge is 0.310 e. The minimum Gasteiger partial charge on any atom is -0.481 e. The van der Waals surface area contributed by atoms with Crippen molar-refractivity contribution in [1.82, 2.24) is 5.32 Å². The molecule has 1 aliphatic heterocycles. The highest BCUT2D eigenvalue weighted by Gasteiger charge is 2.41. The molecule has 2 rings (SSSR count). The molecule has 0 amide bonds. The van der Waals surface area contributed by atoms with Crippen LogP contribution in [0.15, 0.2) is 0 Å². The minimum atomic E-state index is -0.855. The average Bonchev–Trinajstić information content (AvgIpc) is 2.69. The summed E-state index contributed by atoms with van der Waals surface area (Å²) in [5, 5.41) is 22.2. The van der Waals surface area contributed by atoms with Crippen LogP contribution in [0.5, 0.6) is 0 Å². The molecule has 1 saturated carbocycles. The number of aliphatic hydroxyl groups excluding tert-OH is 1. The molecule has 4 nitrogen and oxygen atoms in total. The van der Waals surface area contributed by atoms with Gasteiger partial charge in [-0.2, -0.15) is 0 Å². The van der Waals surface area contributed by atoms with Gasteiger partial charge in [0.05, 0.1) is 12.0 Å². The second kappa shape index (κ2) is 4.49. The van der Waals surface area contributed by atoms with Crippen LogP contribution in [-0.2, 0) is 4.79 Å². The number of piperidine rings is 1. The Labute approximate surface area is 89.7 Å². The summed E-state index contributed by atoms with van der Waals surface area (Å²) in [6.45, 7) is 0.742. The molecular weight excluding hydrogens is 194 g/mol. The third-order valence-corrected chi connectivity index (χ3v) is 3.81. The summed E-state index contributed by atoms with van der Waals surface area (Å²) in [5.41, 5.74) is 0. The summed E-state index contributed by atoms with van der Waals surface area (Å²) in [7, 11) is 0. The van der Waals surface area contributed by atoms with Crippen molar-refractivity contribution in [3.05, 3.63) is 0 Å². The van der Waals surface area contributed by atoms with Crippen LogP contribution in [0.1, 0.15) is 32.1 Å². The Morgan fingerprint density at radius 1 is 1.20 bits per heavy atom. The molecule has 0 radical (unpaired) electrons. The first-order chi connectivity index (χ1) is 7.20. The fraction of sp³-hybridized carbons (Fsp3) is 0.909. The van der Waals surface area contributed by atoms with Gasteiger partial charge in [0.15, 0.2) is 0 Å². The number of carbonyl (C=O) groups is 1. The standard InChI is InChI=1S/C11H19NO3/c13-8-5-6-12-10(9(8)11(14)15)7-3-1-2-4-7/h7-10,12-13H,1-6H2,(H,14,15). The van der Waals surface area contributed by atoms with Crippen molar-refractivity contribution in [1.29, 1.82) is 0 Å². The van der Waals surface area contributed by atoms with E-state index in [1.165, 1.54) is 12.8 Å². The molecule has 4 heteroatoms. The molecule has 3 unspecified atom stereocenters. The first-order valence-corrected chi connectivity index (χ1v) is 5.84. The Morgan fingerprint density at radius 3 is 2.47 bits per heavy atom. The average molecular weight is 213 g/mol. The number of aliphatic hydroxyl groups is 1. The highest BCUT2D eigenvalue weighted by Crippen LogP contribution is 2.34. The van der Waals surface area contributed by atoms with Gasteiger partial charge >= 0.3 is 5.97 Å². The maximum absolute atomic E-state index is 11.1. The topological polar surface area (TPSA) is 69.6 Å². The molecule has 2 aliphatic rings. The maximum Gasteiger partial charge on any atom is 0.310 e. The molecule has 0 aromatic rings. The fourth-order valence-electron chi connectivity index (χ4n) is 3.04. The first kappa shape index (κ1) is 10.9. The molecule has 0 aromatic carbocycles. The Kier molecular flexibility index (Phi) is 3.26. The second-order valence-corrected chi connectivity index (χ2v) is 4.74. The van der Waals surface area contributed by atoms with E-state index in [2.05, 4.69) is 5.32 Å². The monoisotopic (exact) mass is 213 g/mol. The lowest BCUT2D eigenvalue weighted by molar-refractivity contribution is -0.149. The van der Waals surface area contributed by atoms with Crippen LogP contribution in [0.4, 0.5) is 0 Å². The third-order valence-electron chi connectivity index (χ3n) is 3.81. The van der Waals surface area contributed by atoms with Crippen molar-refractivity contribution in [3.63, 3.8) is 0 Å². The van der Waals surface area contributed by atoms with Crippen LogP contribution >= 0.6 is 0 Å². The molecule has 2 fully saturated rings. The van der Waals surface area contributed by atoms with E-state index < -0.39 is 18.0 Å². The van der Waals surface area contributed by atoms with E-state index in [1.807, 2.05) is 0 Å². The number of hydrogen-bond donors (Lipinski definition) is 3. The molecule has 0 aromatic heterocycles. The Morgan fingerprint density at radius 2 is 1.87 bits per heavy atom. The Bertz CT molecular complexity index is 238. The van der Waals surface area contributed by atoms with Crippen molar-refractivity contribution in [3.8, 4) is 0 Å². The van der Waals surface area contributed by atoms with Crippen molar-refractivity contribution >= 4 is 5.97 Å². The normalized spacial score (nSPS) is 38.1. The van der Waals surface area contributed by atoms with Crippen LogP contribution in [0, 0.1) is 11.8 Å². The van der Waals surface area contributed by atoms with Gasteiger partial charge in [0, 0.05) is 6.04 Å². The molecular formula is C11H19NO3. The van der Waals surface area contributed by atoms with E-state index in [0.29, 0.717) is 12.3 Å². The van der Waals surface area contributed by atoms with Crippen LogP contribution in [-0.4, -0.2) is 34.9 Å². The zero-order valence-electron chi connectivity index (χ0n) is 8.85. The number of nitrogens with one attached hydrogen (secondary N) is 1. The maximum atomic E-state index is 11.1. The van der Waals surface area contributed by atoms with Gasteiger partial charge in [0.2, 0.25) is 0 Å². The first-order valence-electron chi connectivity index (χ1n) is 5.84. The Balaban J connectivity index is 2.08. The van der Waals surface area contributed by atoms with E-state index in [9.17, 15) is 9.90 Å². The van der Waals surface area contributed by atoms with Gasteiger partial charge in [-0.05, 0) is 31.7 Å². The van der Waals surface area contributed by atoms with Gasteiger partial charge in [0.25, 0.3) is 0 Å². The summed E-state index contributed by atoms with van der Waals surface area (Å²) in [5.74, 6) is -1.02. The third kappa shape index (κ3) is 2.16. The summed E-state index contributed by atoms with van der Waals surface area (Å²) in [6, 6.07) is -0.0197. The van der Waals surface area contributed by atoms with Gasteiger partial charge in [-0.15, -0.1) is 0 Å². The van der Waals surface area contributed by atoms with Crippen molar-refractivity contribution in [2.45, 2.75) is 44.2 Å². The zero-order valence-corrected chi connectivity index (χ0v) is 8.85. The number of carboxylic acid groups (broad SMARTS) is 1. The van der Waals surface area contributed by atoms with E-state index in [4.69, 9.17) is 5.11 Å². The van der Waals surface area contributed by atoms with Crippen LogP contribution in [0.2, 0.25) is 0 Å². The van der Waals surface area contributed by atoms with Gasteiger partial charge in [-0.1, -0.05) is 12.8 Å². The molecule has 0 spiro atoms. The number of carboxylic acids is 1. The van der Waals surface area contributed by atoms with Crippen molar-refractivity contribution in [2.24, 2.45) is 11.8 Å². The van der Waals surface area contributed by atoms with Gasteiger partial charge < -0.3 is 15.5 Å². The van der Waals surface area contributed by atoms with Crippen LogP contribution in [0.25, 0.3) is 0 Å². The van der Waals surface area contributed by atoms with E-state index in [0.717, 1.165) is 19.4 Å². The summed E-state index contributed by atoms with van der Waals surface area (Å²) in [4.78, 5) is 11.1. The lowest BCUT2D eigenvalue weighted by Gasteiger charge is -2.37. The SMILES string of the molecule is O=C(O)C1C(O)CCNC1C1CCCC1. The summed E-state index contributed by atoms with van der Waals surface area (Å²) < 4.78 is 0. The number of hydrogen-bond acceptors (Lipinski definition) is 3. The second-order valence-electron chi connectivity index (χ2n) is 4.74. The predicted octanol–water partition coefficient (Wildman–Crippen LogP) is 0.600. The lowest BCUT2D eigenvalue weighted by atomic mass is 9.80. The molecule has 3 N–H and O–H groups in total. The number of aliphatic carboxylic acids is 1. The van der Waals surface area contributed by atoms with E-state index >= 15 is 0 Å². The van der Waals surface area contributed by atoms with Gasteiger partial charge in [0.1, 0.15) is 0 Å². The highest BCUT2D eigenvalue weighted by atomic mass is 16.4. The van der Waals surface area contributed by atoms with Gasteiger partial charge in [-0.25, -0.2) is 0 Å². The molecule has 15 heavy (non-hydrogen) atoms. The fourth-order valence-corrected chi connectivity index (χ4v) is 3.04. The molecule has 0 bridgehead atoms. The lowest BCUT2D eigenvalue weighted by Crippen LogP contribution is -2.54.